The van der Waals surface area contributed by atoms with Gasteiger partial charge in [0.1, 0.15) is 0 Å². The largest absolute Gasteiger partial charge is 0.434 e. The minimum atomic E-state index is -0.533. The Balaban J connectivity index is 2.51. The van der Waals surface area contributed by atoms with Crippen LogP contribution in [0, 0.1) is 0 Å². The number of nitrogens with one attached hydrogen (secondary N) is 1. The first-order valence-corrected chi connectivity index (χ1v) is 3.47. The topological polar surface area (TPSA) is 58.9 Å². The van der Waals surface area contributed by atoms with Crippen molar-refractivity contribution in [2.24, 2.45) is 0 Å². The lowest BCUT2D eigenvalue weighted by molar-refractivity contribution is 0.527. The molecule has 0 saturated heterocycles. The Morgan fingerprint density at radius 3 is 2.58 bits per heavy atom. The lowest BCUT2D eigenvalue weighted by atomic mass is 10.2. The van der Waals surface area contributed by atoms with Crippen molar-refractivity contribution in [2.45, 2.75) is 0 Å². The Hall–Kier alpha value is -1.84. The highest BCUT2D eigenvalue weighted by atomic mass is 16.4. The number of H-pyrrole nitrogens is 1. The average molecular weight is 162 g/mol. The van der Waals surface area contributed by atoms with Crippen LogP contribution >= 0.6 is 0 Å². The molecule has 1 N–H and O–H groups in total. The van der Waals surface area contributed by atoms with E-state index < -0.39 is 5.76 Å². The quantitative estimate of drug-likeness (QED) is 0.681. The summed E-state index contributed by atoms with van der Waals surface area (Å²) in [5.41, 5.74) is 0.788. The first-order chi connectivity index (χ1) is 5.86. The molecule has 4 heteroatoms. The third-order valence-electron chi connectivity index (χ3n) is 1.46. The first-order valence-electron chi connectivity index (χ1n) is 3.47. The van der Waals surface area contributed by atoms with Gasteiger partial charge in [0.25, 0.3) is 0 Å². The fourth-order valence-corrected chi connectivity index (χ4v) is 0.934. The van der Waals surface area contributed by atoms with Gasteiger partial charge in [-0.2, -0.15) is 0 Å². The Morgan fingerprint density at radius 1 is 1.25 bits per heavy atom. The molecular weight excluding hydrogens is 156 g/mol. The Kier molecular flexibility index (Phi) is 1.51. The number of benzene rings is 1. The first kappa shape index (κ1) is 6.84. The van der Waals surface area contributed by atoms with Crippen LogP contribution < -0.4 is 5.76 Å². The summed E-state index contributed by atoms with van der Waals surface area (Å²) in [7, 11) is 0. The van der Waals surface area contributed by atoms with Crippen molar-refractivity contribution in [1.82, 2.24) is 10.2 Å². The zero-order valence-corrected chi connectivity index (χ0v) is 6.15. The van der Waals surface area contributed by atoms with E-state index in [-0.39, 0.29) is 0 Å². The molecule has 0 aliphatic rings. The van der Waals surface area contributed by atoms with Gasteiger partial charge in [0.15, 0.2) is 0 Å². The Morgan fingerprint density at radius 2 is 2.00 bits per heavy atom. The maximum atomic E-state index is 10.6. The molecule has 12 heavy (non-hydrogen) atoms. The molecule has 1 heterocycles. The second-order valence-electron chi connectivity index (χ2n) is 2.28. The molecule has 0 saturated carbocycles. The van der Waals surface area contributed by atoms with E-state index in [1.807, 2.05) is 30.3 Å². The molecule has 0 aliphatic heterocycles. The highest BCUT2D eigenvalue weighted by Crippen LogP contribution is 2.12. The molecule has 2 rings (SSSR count). The van der Waals surface area contributed by atoms with E-state index in [4.69, 9.17) is 4.42 Å². The van der Waals surface area contributed by atoms with Crippen LogP contribution in [0.4, 0.5) is 0 Å². The smallest absolute Gasteiger partial charge is 0.388 e. The molecule has 0 spiro atoms. The van der Waals surface area contributed by atoms with E-state index in [1.54, 1.807) is 0 Å². The number of aromatic nitrogens is 2. The highest BCUT2D eigenvalue weighted by Gasteiger charge is 2.01. The van der Waals surface area contributed by atoms with Gasteiger partial charge < -0.3 is 4.42 Å². The molecule has 1 aromatic heterocycles. The van der Waals surface area contributed by atoms with Gasteiger partial charge >= 0.3 is 5.76 Å². The maximum absolute atomic E-state index is 10.6. The van der Waals surface area contributed by atoms with Crippen molar-refractivity contribution in [3.8, 4) is 11.5 Å². The fraction of sp³-hybridized carbons (Fsp3) is 0. The van der Waals surface area contributed by atoms with E-state index in [9.17, 15) is 4.79 Å². The van der Waals surface area contributed by atoms with E-state index in [0.29, 0.717) is 5.89 Å². The predicted molar refractivity (Wildman–Crippen MR) is 42.6 cm³/mol. The second kappa shape index (κ2) is 2.65. The van der Waals surface area contributed by atoms with Crippen LogP contribution in [0.2, 0.25) is 0 Å². The second-order valence-corrected chi connectivity index (χ2v) is 2.28. The van der Waals surface area contributed by atoms with Crippen molar-refractivity contribution < 1.29 is 4.42 Å². The van der Waals surface area contributed by atoms with Gasteiger partial charge in [-0.3, -0.25) is 0 Å². The Bertz CT molecular complexity index is 416. The van der Waals surface area contributed by atoms with E-state index in [0.717, 1.165) is 5.56 Å². The van der Waals surface area contributed by atoms with Crippen molar-refractivity contribution >= 4 is 0 Å². The summed E-state index contributed by atoms with van der Waals surface area (Å²) >= 11 is 0. The predicted octanol–water partition coefficient (Wildman–Crippen LogP) is 1.03. The van der Waals surface area contributed by atoms with Crippen molar-refractivity contribution in [3.05, 3.63) is 40.9 Å². The third kappa shape index (κ3) is 1.14. The molecule has 0 unspecified atom stereocenters. The van der Waals surface area contributed by atoms with Crippen molar-refractivity contribution in [3.63, 3.8) is 0 Å². The summed E-state index contributed by atoms with van der Waals surface area (Å²) in [4.78, 5) is 10.6. The molecule has 0 bridgehead atoms. The lowest BCUT2D eigenvalue weighted by Crippen LogP contribution is -1.93. The lowest BCUT2D eigenvalue weighted by Gasteiger charge is -1.89. The third-order valence-corrected chi connectivity index (χ3v) is 1.46. The summed E-state index contributed by atoms with van der Waals surface area (Å²) in [5.74, 6) is -0.213. The van der Waals surface area contributed by atoms with Crippen LogP contribution in [-0.4, -0.2) is 10.2 Å². The molecule has 4 nitrogen and oxygen atoms in total. The van der Waals surface area contributed by atoms with Crippen LogP contribution in [0.1, 0.15) is 0 Å². The highest BCUT2D eigenvalue weighted by molar-refractivity contribution is 5.51. The van der Waals surface area contributed by atoms with Crippen LogP contribution in [0.5, 0.6) is 0 Å². The van der Waals surface area contributed by atoms with Crippen molar-refractivity contribution in [2.75, 3.05) is 0 Å². The van der Waals surface area contributed by atoms with E-state index in [2.05, 4.69) is 10.2 Å². The van der Waals surface area contributed by atoms with E-state index >= 15 is 0 Å². The van der Waals surface area contributed by atoms with Gasteiger partial charge in [0, 0.05) is 5.56 Å². The van der Waals surface area contributed by atoms with Gasteiger partial charge in [0.05, 0.1) is 0 Å². The van der Waals surface area contributed by atoms with Crippen LogP contribution in [0.15, 0.2) is 39.5 Å². The molecule has 0 radical (unpaired) electrons. The fourth-order valence-electron chi connectivity index (χ4n) is 0.934. The normalized spacial score (nSPS) is 10.0. The maximum Gasteiger partial charge on any atom is 0.434 e. The van der Waals surface area contributed by atoms with Gasteiger partial charge in [-0.15, -0.1) is 5.10 Å². The minimum absolute atomic E-state index is 0.320. The number of hydrogen-bond acceptors (Lipinski definition) is 3. The molecule has 60 valence electrons. The molecule has 1 aromatic carbocycles. The zero-order chi connectivity index (χ0) is 8.39. The number of aromatic amines is 1. The molecular formula is C8H6N2O2. The standard InChI is InChI=1S/C8H6N2O2/c11-8-10-9-7(12-8)6-4-2-1-3-5-6/h1-5H,(H,10,11). The summed E-state index contributed by atoms with van der Waals surface area (Å²) in [6.07, 6.45) is 0. The van der Waals surface area contributed by atoms with Crippen LogP contribution in [-0.2, 0) is 0 Å². The summed E-state index contributed by atoms with van der Waals surface area (Å²) < 4.78 is 4.75. The van der Waals surface area contributed by atoms with Gasteiger partial charge in [0.2, 0.25) is 5.89 Å². The van der Waals surface area contributed by atoms with Gasteiger partial charge in [-0.1, -0.05) is 18.2 Å². The van der Waals surface area contributed by atoms with Crippen molar-refractivity contribution in [1.29, 1.82) is 0 Å². The average Bonchev–Trinajstić information content (AvgIpc) is 2.54. The zero-order valence-electron chi connectivity index (χ0n) is 6.15. The minimum Gasteiger partial charge on any atom is -0.388 e. The summed E-state index contributed by atoms with van der Waals surface area (Å²) in [6, 6.07) is 9.22. The monoisotopic (exact) mass is 162 g/mol. The molecule has 0 aliphatic carbocycles. The summed E-state index contributed by atoms with van der Waals surface area (Å²) in [5, 5.41) is 5.88. The van der Waals surface area contributed by atoms with Gasteiger partial charge in [-0.05, 0) is 12.1 Å². The van der Waals surface area contributed by atoms with Gasteiger partial charge in [-0.25, -0.2) is 9.89 Å². The van der Waals surface area contributed by atoms with Crippen LogP contribution in [0.3, 0.4) is 0 Å². The Labute approximate surface area is 67.9 Å². The molecule has 2 aromatic rings. The van der Waals surface area contributed by atoms with E-state index in [1.165, 1.54) is 0 Å². The number of nitrogens with zero attached hydrogens (tertiary/aromatic N) is 1. The number of rotatable bonds is 1. The summed E-state index contributed by atoms with van der Waals surface area (Å²) in [6.45, 7) is 0. The SMILES string of the molecule is O=c1[nH]nc(-c2ccccc2)o1. The molecule has 0 atom stereocenters. The number of hydrogen-bond donors (Lipinski definition) is 1. The molecule has 0 amide bonds. The molecule has 0 fully saturated rings. The van der Waals surface area contributed by atoms with Crippen LogP contribution in [0.25, 0.3) is 11.5 Å².